The van der Waals surface area contributed by atoms with Gasteiger partial charge in [0.05, 0.1) is 0 Å². The Hall–Kier alpha value is -2.27. The minimum Gasteiger partial charge on any atom is -0.508 e. The smallest absolute Gasteiger partial charge is 0.410 e. The molecule has 0 bridgehead atoms. The average Bonchev–Trinajstić information content (AvgIpc) is 2.56. The van der Waals surface area contributed by atoms with Gasteiger partial charge >= 0.3 is 6.09 Å². The SMILES string of the molecule is CC(C)(C)OC(=O)N1CCN(Cc2c(O)ccc3ccccc23)CC1. The maximum Gasteiger partial charge on any atom is 0.410 e. The van der Waals surface area contributed by atoms with E-state index in [4.69, 9.17) is 4.74 Å². The number of rotatable bonds is 2. The van der Waals surface area contributed by atoms with Crippen molar-refractivity contribution < 1.29 is 14.6 Å². The Balaban J connectivity index is 1.65. The van der Waals surface area contributed by atoms with Crippen LogP contribution in [0.1, 0.15) is 26.3 Å². The van der Waals surface area contributed by atoms with Gasteiger partial charge in [0.2, 0.25) is 0 Å². The van der Waals surface area contributed by atoms with E-state index >= 15 is 0 Å². The van der Waals surface area contributed by atoms with Gasteiger partial charge < -0.3 is 14.7 Å². The van der Waals surface area contributed by atoms with E-state index in [-0.39, 0.29) is 6.09 Å². The van der Waals surface area contributed by atoms with E-state index in [9.17, 15) is 9.90 Å². The van der Waals surface area contributed by atoms with E-state index in [1.807, 2.05) is 45.0 Å². The summed E-state index contributed by atoms with van der Waals surface area (Å²) < 4.78 is 5.44. The number of hydrogen-bond donors (Lipinski definition) is 1. The van der Waals surface area contributed by atoms with Crippen LogP contribution in [0.5, 0.6) is 5.75 Å². The molecule has 134 valence electrons. The second-order valence-corrected chi connectivity index (χ2v) is 7.53. The van der Waals surface area contributed by atoms with Gasteiger partial charge in [0.25, 0.3) is 0 Å². The Morgan fingerprint density at radius 1 is 1.08 bits per heavy atom. The van der Waals surface area contributed by atoms with Gasteiger partial charge in [-0.3, -0.25) is 4.90 Å². The van der Waals surface area contributed by atoms with Crippen LogP contribution < -0.4 is 0 Å². The second kappa shape index (κ2) is 6.92. The topological polar surface area (TPSA) is 53.0 Å². The fourth-order valence-corrected chi connectivity index (χ4v) is 3.13. The van der Waals surface area contributed by atoms with E-state index in [0.717, 1.165) is 29.4 Å². The molecule has 0 unspecified atom stereocenters. The molecule has 1 amide bonds. The molecule has 1 fully saturated rings. The molecular weight excluding hydrogens is 316 g/mol. The summed E-state index contributed by atoms with van der Waals surface area (Å²) in [4.78, 5) is 16.2. The van der Waals surface area contributed by atoms with E-state index in [1.54, 1.807) is 11.0 Å². The zero-order valence-corrected chi connectivity index (χ0v) is 15.2. The van der Waals surface area contributed by atoms with Crippen molar-refractivity contribution in [2.45, 2.75) is 32.9 Å². The average molecular weight is 342 g/mol. The number of amides is 1. The van der Waals surface area contributed by atoms with Crippen molar-refractivity contribution in [1.29, 1.82) is 0 Å². The number of benzene rings is 2. The quantitative estimate of drug-likeness (QED) is 0.906. The Labute approximate surface area is 148 Å². The first kappa shape index (κ1) is 17.5. The van der Waals surface area contributed by atoms with Gasteiger partial charge in [-0.25, -0.2) is 4.79 Å². The van der Waals surface area contributed by atoms with E-state index < -0.39 is 5.60 Å². The number of phenols is 1. The van der Waals surface area contributed by atoms with Gasteiger partial charge in [-0.15, -0.1) is 0 Å². The lowest BCUT2D eigenvalue weighted by molar-refractivity contribution is 0.0138. The van der Waals surface area contributed by atoms with Crippen molar-refractivity contribution in [2.75, 3.05) is 26.2 Å². The third-order valence-corrected chi connectivity index (χ3v) is 4.42. The zero-order valence-electron chi connectivity index (χ0n) is 15.2. The number of hydrogen-bond acceptors (Lipinski definition) is 4. The highest BCUT2D eigenvalue weighted by Gasteiger charge is 2.26. The van der Waals surface area contributed by atoms with Crippen LogP contribution in [0.4, 0.5) is 4.79 Å². The molecule has 2 aromatic carbocycles. The summed E-state index contributed by atoms with van der Waals surface area (Å²) in [7, 11) is 0. The number of carbonyl (C=O) groups is 1. The molecular formula is C20H26N2O3. The van der Waals surface area contributed by atoms with Crippen LogP contribution in [0.15, 0.2) is 36.4 Å². The van der Waals surface area contributed by atoms with Crippen molar-refractivity contribution in [3.05, 3.63) is 42.0 Å². The summed E-state index contributed by atoms with van der Waals surface area (Å²) >= 11 is 0. The Morgan fingerprint density at radius 2 is 1.76 bits per heavy atom. The molecule has 0 radical (unpaired) electrons. The maximum absolute atomic E-state index is 12.2. The molecule has 1 saturated heterocycles. The summed E-state index contributed by atoms with van der Waals surface area (Å²) in [6.07, 6.45) is -0.250. The summed E-state index contributed by atoms with van der Waals surface area (Å²) in [6.45, 7) is 9.12. The number of aromatic hydroxyl groups is 1. The highest BCUT2D eigenvalue weighted by molar-refractivity contribution is 5.87. The fourth-order valence-electron chi connectivity index (χ4n) is 3.13. The molecule has 1 aliphatic heterocycles. The summed E-state index contributed by atoms with van der Waals surface area (Å²) in [6, 6.07) is 11.8. The summed E-state index contributed by atoms with van der Waals surface area (Å²) in [5, 5.41) is 12.5. The van der Waals surface area contributed by atoms with Crippen LogP contribution in [0.3, 0.4) is 0 Å². The molecule has 25 heavy (non-hydrogen) atoms. The van der Waals surface area contributed by atoms with Gasteiger partial charge in [0.1, 0.15) is 11.4 Å². The number of phenolic OH excluding ortho intramolecular Hbond substituents is 1. The van der Waals surface area contributed by atoms with Crippen molar-refractivity contribution in [3.8, 4) is 5.75 Å². The highest BCUT2D eigenvalue weighted by Crippen LogP contribution is 2.28. The minimum absolute atomic E-state index is 0.250. The molecule has 5 heteroatoms. The first-order chi connectivity index (χ1) is 11.8. The van der Waals surface area contributed by atoms with Crippen molar-refractivity contribution in [3.63, 3.8) is 0 Å². The van der Waals surface area contributed by atoms with Crippen LogP contribution in [0.2, 0.25) is 0 Å². The van der Waals surface area contributed by atoms with Crippen molar-refractivity contribution >= 4 is 16.9 Å². The molecule has 0 atom stereocenters. The number of piperazine rings is 1. The lowest BCUT2D eigenvalue weighted by atomic mass is 10.0. The standard InChI is InChI=1S/C20H26N2O3/c1-20(2,3)25-19(24)22-12-10-21(11-13-22)14-17-16-7-5-4-6-15(16)8-9-18(17)23/h4-9,23H,10-14H2,1-3H3. The molecule has 1 heterocycles. The predicted molar refractivity (Wildman–Crippen MR) is 98.7 cm³/mol. The Bertz CT molecular complexity index is 759. The lowest BCUT2D eigenvalue weighted by Gasteiger charge is -2.35. The fraction of sp³-hybridized carbons (Fsp3) is 0.450. The van der Waals surface area contributed by atoms with E-state index in [0.29, 0.717) is 25.4 Å². The molecule has 2 aromatic rings. The van der Waals surface area contributed by atoms with Crippen molar-refractivity contribution in [1.82, 2.24) is 9.80 Å². The monoisotopic (exact) mass is 342 g/mol. The van der Waals surface area contributed by atoms with Gasteiger partial charge in [0, 0.05) is 38.3 Å². The van der Waals surface area contributed by atoms with Gasteiger partial charge in [-0.2, -0.15) is 0 Å². The third kappa shape index (κ3) is 4.23. The second-order valence-electron chi connectivity index (χ2n) is 7.53. The molecule has 3 rings (SSSR count). The van der Waals surface area contributed by atoms with E-state index in [2.05, 4.69) is 11.0 Å². The van der Waals surface area contributed by atoms with Crippen molar-refractivity contribution in [2.24, 2.45) is 0 Å². The lowest BCUT2D eigenvalue weighted by Crippen LogP contribution is -2.49. The Morgan fingerprint density at radius 3 is 2.44 bits per heavy atom. The van der Waals surface area contributed by atoms with Crippen LogP contribution in [0.25, 0.3) is 10.8 Å². The largest absolute Gasteiger partial charge is 0.508 e. The first-order valence-corrected chi connectivity index (χ1v) is 8.73. The minimum atomic E-state index is -0.469. The molecule has 0 aromatic heterocycles. The maximum atomic E-state index is 12.2. The molecule has 1 aliphatic rings. The molecule has 0 aliphatic carbocycles. The third-order valence-electron chi connectivity index (χ3n) is 4.42. The van der Waals surface area contributed by atoms with Gasteiger partial charge in [-0.1, -0.05) is 30.3 Å². The first-order valence-electron chi connectivity index (χ1n) is 8.73. The predicted octanol–water partition coefficient (Wildman–Crippen LogP) is 3.60. The van der Waals surface area contributed by atoms with Crippen LogP contribution in [-0.4, -0.2) is 52.8 Å². The molecule has 0 spiro atoms. The normalized spacial score (nSPS) is 16.2. The van der Waals surface area contributed by atoms with Gasteiger partial charge in [-0.05, 0) is 37.6 Å². The summed E-state index contributed by atoms with van der Waals surface area (Å²) in [5.74, 6) is 0.327. The number of nitrogens with zero attached hydrogens (tertiary/aromatic N) is 2. The van der Waals surface area contributed by atoms with Gasteiger partial charge in [0.15, 0.2) is 0 Å². The molecule has 0 saturated carbocycles. The molecule has 5 nitrogen and oxygen atoms in total. The van der Waals surface area contributed by atoms with Crippen LogP contribution >= 0.6 is 0 Å². The van der Waals surface area contributed by atoms with Crippen LogP contribution in [-0.2, 0) is 11.3 Å². The molecule has 1 N–H and O–H groups in total. The number of ether oxygens (including phenoxy) is 1. The number of carbonyl (C=O) groups excluding carboxylic acids is 1. The summed E-state index contributed by atoms with van der Waals surface area (Å²) in [5.41, 5.74) is 0.479. The highest BCUT2D eigenvalue weighted by atomic mass is 16.6. The van der Waals surface area contributed by atoms with E-state index in [1.165, 1.54) is 0 Å². The zero-order chi connectivity index (χ0) is 18.0. The Kier molecular flexibility index (Phi) is 4.86. The number of fused-ring (bicyclic) bond motifs is 1. The van der Waals surface area contributed by atoms with Crippen LogP contribution in [0, 0.1) is 0 Å².